The summed E-state index contributed by atoms with van der Waals surface area (Å²) in [5, 5.41) is 3.25. The normalized spacial score (nSPS) is 25.3. The van der Waals surface area contributed by atoms with Gasteiger partial charge in [0, 0.05) is 12.6 Å². The molecule has 0 aromatic heterocycles. The molecule has 2 rings (SSSR count). The molecule has 1 aromatic carbocycles. The highest BCUT2D eigenvalue weighted by atomic mass is 32.2. The Hall–Kier alpha value is -0.910. The third-order valence-corrected chi connectivity index (χ3v) is 5.60. The third-order valence-electron chi connectivity index (χ3n) is 4.00. The summed E-state index contributed by atoms with van der Waals surface area (Å²) in [4.78, 5) is 0. The Morgan fingerprint density at radius 1 is 1.35 bits per heavy atom. The van der Waals surface area contributed by atoms with Gasteiger partial charge >= 0.3 is 0 Å². The molecule has 0 spiro atoms. The third kappa shape index (κ3) is 4.30. The van der Waals surface area contributed by atoms with E-state index in [0.717, 1.165) is 25.1 Å². The molecule has 0 aliphatic carbocycles. The van der Waals surface area contributed by atoms with E-state index in [9.17, 15) is 8.42 Å². The van der Waals surface area contributed by atoms with E-state index in [0.29, 0.717) is 5.92 Å². The second-order valence-electron chi connectivity index (χ2n) is 5.79. The van der Waals surface area contributed by atoms with Gasteiger partial charge in [0.15, 0.2) is 0 Å². The van der Waals surface area contributed by atoms with E-state index in [1.165, 1.54) is 0 Å². The summed E-state index contributed by atoms with van der Waals surface area (Å²) in [6.45, 7) is 5.76. The highest BCUT2D eigenvalue weighted by molar-refractivity contribution is 7.89. The summed E-state index contributed by atoms with van der Waals surface area (Å²) in [5.41, 5.74) is 1.06. The largest absolute Gasteiger partial charge is 0.315 e. The molecule has 4 nitrogen and oxygen atoms in total. The molecule has 0 bridgehead atoms. The summed E-state index contributed by atoms with van der Waals surface area (Å²) in [7, 11) is -3.25. The minimum absolute atomic E-state index is 0.000515. The minimum Gasteiger partial charge on any atom is -0.315 e. The van der Waals surface area contributed by atoms with Gasteiger partial charge in [0.2, 0.25) is 10.0 Å². The van der Waals surface area contributed by atoms with Crippen molar-refractivity contribution < 1.29 is 8.42 Å². The van der Waals surface area contributed by atoms with Crippen LogP contribution in [-0.4, -0.2) is 33.3 Å². The van der Waals surface area contributed by atoms with E-state index in [2.05, 4.69) is 17.0 Å². The zero-order chi connectivity index (χ0) is 14.6. The van der Waals surface area contributed by atoms with Crippen LogP contribution in [0.5, 0.6) is 0 Å². The molecule has 1 fully saturated rings. The van der Waals surface area contributed by atoms with Crippen molar-refractivity contribution in [3.63, 3.8) is 0 Å². The number of rotatable bonds is 5. The van der Waals surface area contributed by atoms with Crippen LogP contribution in [0.1, 0.15) is 31.7 Å². The van der Waals surface area contributed by atoms with E-state index in [4.69, 9.17) is 0 Å². The maximum Gasteiger partial charge on any atom is 0.212 e. The van der Waals surface area contributed by atoms with Gasteiger partial charge in [0.1, 0.15) is 0 Å². The molecule has 1 aromatic rings. The van der Waals surface area contributed by atoms with E-state index in [1.807, 2.05) is 37.3 Å². The number of hydrogen-bond donors (Lipinski definition) is 2. The van der Waals surface area contributed by atoms with Gasteiger partial charge in [-0.15, -0.1) is 0 Å². The van der Waals surface area contributed by atoms with Crippen LogP contribution in [-0.2, 0) is 10.0 Å². The van der Waals surface area contributed by atoms with Crippen molar-refractivity contribution in [2.24, 2.45) is 5.92 Å². The Bertz CT molecular complexity index is 516. The molecule has 0 amide bonds. The molecular formula is C15H24N2O2S. The first-order chi connectivity index (χ1) is 9.48. The zero-order valence-electron chi connectivity index (χ0n) is 12.2. The average Bonchev–Trinajstić information content (AvgIpc) is 2.41. The van der Waals surface area contributed by atoms with Crippen LogP contribution in [0.4, 0.5) is 0 Å². The maximum absolute atomic E-state index is 12.3. The molecule has 5 heteroatoms. The Kier molecular flexibility index (Phi) is 5.18. The number of hydrogen-bond acceptors (Lipinski definition) is 3. The van der Waals surface area contributed by atoms with Crippen LogP contribution >= 0.6 is 0 Å². The Morgan fingerprint density at radius 2 is 2.05 bits per heavy atom. The zero-order valence-corrected chi connectivity index (χ0v) is 13.0. The Morgan fingerprint density at radius 3 is 2.70 bits per heavy atom. The lowest BCUT2D eigenvalue weighted by atomic mass is 9.96. The highest BCUT2D eigenvalue weighted by Crippen LogP contribution is 2.18. The molecule has 1 heterocycles. The van der Waals surface area contributed by atoms with Crippen molar-refractivity contribution in [2.45, 2.75) is 32.2 Å². The summed E-state index contributed by atoms with van der Waals surface area (Å²) in [6, 6.07) is 9.79. The molecule has 112 valence electrons. The predicted octanol–water partition coefficient (Wildman–Crippen LogP) is 1.71. The Labute approximate surface area is 122 Å². The van der Waals surface area contributed by atoms with Crippen LogP contribution in [0.25, 0.3) is 0 Å². The van der Waals surface area contributed by atoms with E-state index in [-0.39, 0.29) is 17.7 Å². The van der Waals surface area contributed by atoms with Gasteiger partial charge in [-0.3, -0.25) is 0 Å². The van der Waals surface area contributed by atoms with Gasteiger partial charge in [-0.1, -0.05) is 44.2 Å². The van der Waals surface area contributed by atoms with Crippen LogP contribution in [0, 0.1) is 5.92 Å². The van der Waals surface area contributed by atoms with E-state index >= 15 is 0 Å². The monoisotopic (exact) mass is 296 g/mol. The van der Waals surface area contributed by atoms with Crippen molar-refractivity contribution in [2.75, 3.05) is 18.8 Å². The van der Waals surface area contributed by atoms with Crippen LogP contribution < -0.4 is 10.0 Å². The average molecular weight is 296 g/mol. The standard InChI is InChI=1S/C15H24N2O2S/c1-12-8-9-16-10-15(12)17-20(18,19)11-13(2)14-6-4-3-5-7-14/h3-7,12-13,15-17H,8-11H2,1-2H3. The van der Waals surface area contributed by atoms with Crippen molar-refractivity contribution in [3.8, 4) is 0 Å². The summed E-state index contributed by atoms with van der Waals surface area (Å²) < 4.78 is 27.4. The van der Waals surface area contributed by atoms with Gasteiger partial charge < -0.3 is 5.32 Å². The minimum atomic E-state index is -3.25. The molecule has 20 heavy (non-hydrogen) atoms. The molecule has 1 aliphatic rings. The number of piperidine rings is 1. The van der Waals surface area contributed by atoms with Gasteiger partial charge in [0.05, 0.1) is 5.75 Å². The van der Waals surface area contributed by atoms with E-state index in [1.54, 1.807) is 0 Å². The van der Waals surface area contributed by atoms with Crippen LogP contribution in [0.2, 0.25) is 0 Å². The molecule has 0 radical (unpaired) electrons. The predicted molar refractivity (Wildman–Crippen MR) is 82.2 cm³/mol. The molecular weight excluding hydrogens is 272 g/mol. The first-order valence-electron chi connectivity index (χ1n) is 7.23. The van der Waals surface area contributed by atoms with Crippen LogP contribution in [0.3, 0.4) is 0 Å². The number of sulfonamides is 1. The summed E-state index contributed by atoms with van der Waals surface area (Å²) >= 11 is 0. The molecule has 3 unspecified atom stereocenters. The van der Waals surface area contributed by atoms with Gasteiger partial charge in [-0.2, -0.15) is 0 Å². The molecule has 1 saturated heterocycles. The van der Waals surface area contributed by atoms with Gasteiger partial charge in [-0.05, 0) is 30.4 Å². The lowest BCUT2D eigenvalue weighted by molar-refractivity contribution is 0.327. The smallest absolute Gasteiger partial charge is 0.212 e. The molecule has 1 aliphatic heterocycles. The number of benzene rings is 1. The Balaban J connectivity index is 1.97. The summed E-state index contributed by atoms with van der Waals surface area (Å²) in [6.07, 6.45) is 1.02. The fourth-order valence-corrected chi connectivity index (χ4v) is 4.36. The van der Waals surface area contributed by atoms with Crippen molar-refractivity contribution in [1.29, 1.82) is 0 Å². The molecule has 3 atom stereocenters. The van der Waals surface area contributed by atoms with Crippen molar-refractivity contribution in [1.82, 2.24) is 10.0 Å². The lowest BCUT2D eigenvalue weighted by Gasteiger charge is -2.30. The van der Waals surface area contributed by atoms with E-state index < -0.39 is 10.0 Å². The van der Waals surface area contributed by atoms with Gasteiger partial charge in [0.25, 0.3) is 0 Å². The second kappa shape index (κ2) is 6.70. The first kappa shape index (κ1) is 15.5. The molecule has 2 N–H and O–H groups in total. The SMILES string of the molecule is CC(CS(=O)(=O)NC1CNCCC1C)c1ccccc1. The lowest BCUT2D eigenvalue weighted by Crippen LogP contribution is -2.50. The fourth-order valence-electron chi connectivity index (χ4n) is 2.63. The molecule has 0 saturated carbocycles. The quantitative estimate of drug-likeness (QED) is 0.869. The highest BCUT2D eigenvalue weighted by Gasteiger charge is 2.26. The van der Waals surface area contributed by atoms with Gasteiger partial charge in [-0.25, -0.2) is 13.1 Å². The van der Waals surface area contributed by atoms with Crippen molar-refractivity contribution in [3.05, 3.63) is 35.9 Å². The first-order valence-corrected chi connectivity index (χ1v) is 8.89. The second-order valence-corrected chi connectivity index (χ2v) is 7.59. The maximum atomic E-state index is 12.3. The van der Waals surface area contributed by atoms with Crippen LogP contribution in [0.15, 0.2) is 30.3 Å². The number of nitrogens with one attached hydrogen (secondary N) is 2. The summed E-state index contributed by atoms with van der Waals surface area (Å²) in [5.74, 6) is 0.527. The van der Waals surface area contributed by atoms with Crippen molar-refractivity contribution >= 4 is 10.0 Å². The fraction of sp³-hybridized carbons (Fsp3) is 0.600. The topological polar surface area (TPSA) is 58.2 Å².